The van der Waals surface area contributed by atoms with Crippen molar-refractivity contribution in [2.45, 2.75) is 25.0 Å². The highest BCUT2D eigenvalue weighted by Gasteiger charge is 2.17. The van der Waals surface area contributed by atoms with Crippen molar-refractivity contribution >= 4 is 21.2 Å². The summed E-state index contributed by atoms with van der Waals surface area (Å²) in [5.74, 6) is 0.700. The van der Waals surface area contributed by atoms with E-state index in [0.29, 0.717) is 12.4 Å². The van der Waals surface area contributed by atoms with Crippen LogP contribution in [0.3, 0.4) is 0 Å². The largest absolute Gasteiger partial charge is 0.487 e. The van der Waals surface area contributed by atoms with Gasteiger partial charge in [0.25, 0.3) is 10.1 Å². The van der Waals surface area contributed by atoms with E-state index in [2.05, 4.69) is 15.0 Å². The van der Waals surface area contributed by atoms with Crippen LogP contribution in [0.4, 0.5) is 0 Å². The number of nitrogens with zero attached hydrogens (tertiary/aromatic N) is 5. The van der Waals surface area contributed by atoms with E-state index < -0.39 is 10.1 Å². The van der Waals surface area contributed by atoms with Crippen LogP contribution in [0.1, 0.15) is 11.3 Å². The zero-order valence-electron chi connectivity index (χ0n) is 22.8. The Balaban J connectivity index is 1.17. The van der Waals surface area contributed by atoms with Gasteiger partial charge < -0.3 is 4.74 Å². The Bertz CT molecular complexity index is 1920. The third-order valence-electron chi connectivity index (χ3n) is 6.65. The highest BCUT2D eigenvalue weighted by molar-refractivity contribution is 7.86. The molecule has 2 aromatic carbocycles. The van der Waals surface area contributed by atoms with Gasteiger partial charge in [-0.05, 0) is 85.3 Å². The summed E-state index contributed by atoms with van der Waals surface area (Å²) in [4.78, 5) is 13.2. The molecule has 6 rings (SSSR count). The molecule has 0 unspecified atom stereocenters. The number of hydrogen-bond acceptors (Lipinski definition) is 8. The normalized spacial score (nSPS) is 11.5. The number of fused-ring (bicyclic) bond motifs is 1. The zero-order valence-corrected chi connectivity index (χ0v) is 23.6. The van der Waals surface area contributed by atoms with Gasteiger partial charge in [-0.15, -0.1) is 0 Å². The van der Waals surface area contributed by atoms with Crippen LogP contribution in [-0.2, 0) is 27.5 Å². The van der Waals surface area contributed by atoms with E-state index in [0.717, 1.165) is 44.7 Å². The SMILES string of the molecule is Cc1ccc(S(=O)(=O)OCCn2cc(-c3ccncc3)c(-c3ccc(OCc4ccc5ncccc5n4)cc3)n2)cc1. The molecule has 0 bridgehead atoms. The van der Waals surface area contributed by atoms with E-state index in [9.17, 15) is 8.42 Å². The number of aromatic nitrogens is 5. The second-order valence-electron chi connectivity index (χ2n) is 9.64. The van der Waals surface area contributed by atoms with E-state index in [4.69, 9.17) is 14.0 Å². The molecule has 0 atom stereocenters. The Labute approximate surface area is 243 Å². The van der Waals surface area contributed by atoms with Crippen LogP contribution < -0.4 is 4.74 Å². The third kappa shape index (κ3) is 6.19. The van der Waals surface area contributed by atoms with Crippen molar-refractivity contribution in [3.05, 3.63) is 121 Å². The molecular formula is C32H27N5O4S. The second-order valence-corrected chi connectivity index (χ2v) is 11.3. The van der Waals surface area contributed by atoms with Gasteiger partial charge in [0, 0.05) is 35.9 Å². The van der Waals surface area contributed by atoms with E-state index in [1.807, 2.05) is 73.8 Å². The first kappa shape index (κ1) is 27.3. The van der Waals surface area contributed by atoms with Crippen LogP contribution in [0.15, 0.2) is 115 Å². The average molecular weight is 578 g/mol. The van der Waals surface area contributed by atoms with Gasteiger partial charge in [-0.1, -0.05) is 17.7 Å². The van der Waals surface area contributed by atoms with Crippen molar-refractivity contribution in [2.24, 2.45) is 0 Å². The molecule has 0 amide bonds. The predicted octanol–water partition coefficient (Wildman–Crippen LogP) is 5.85. The summed E-state index contributed by atoms with van der Waals surface area (Å²) in [5.41, 5.74) is 6.92. The standard InChI is InChI=1S/C32H27N5O4S/c1-23-4-11-28(12-5-23)42(38,39)41-20-19-37-21-29(24-14-17-33-18-15-24)32(36-37)25-6-9-27(10-7-25)40-22-26-8-13-30-31(35-26)3-2-16-34-30/h2-18,21H,19-20,22H2,1H3. The smallest absolute Gasteiger partial charge is 0.297 e. The highest BCUT2D eigenvalue weighted by Crippen LogP contribution is 2.32. The summed E-state index contributed by atoms with van der Waals surface area (Å²) in [6.45, 7) is 2.42. The minimum atomic E-state index is -3.87. The Morgan fingerprint density at radius 3 is 2.38 bits per heavy atom. The van der Waals surface area contributed by atoms with Crippen molar-refractivity contribution in [1.82, 2.24) is 24.7 Å². The lowest BCUT2D eigenvalue weighted by Gasteiger charge is -2.08. The molecule has 0 aliphatic rings. The number of aryl methyl sites for hydroxylation is 1. The van der Waals surface area contributed by atoms with Gasteiger partial charge in [0.15, 0.2) is 0 Å². The molecule has 9 nitrogen and oxygen atoms in total. The fourth-order valence-corrected chi connectivity index (χ4v) is 5.35. The number of pyridine rings is 3. The molecule has 10 heteroatoms. The van der Waals surface area contributed by atoms with Crippen LogP contribution in [0.5, 0.6) is 5.75 Å². The Kier molecular flexibility index (Phi) is 7.72. The zero-order chi connectivity index (χ0) is 28.9. The van der Waals surface area contributed by atoms with Crippen molar-refractivity contribution in [3.63, 3.8) is 0 Å². The van der Waals surface area contributed by atoms with Gasteiger partial charge in [0.1, 0.15) is 18.1 Å². The minimum absolute atomic E-state index is 0.0568. The quantitative estimate of drug-likeness (QED) is 0.187. The number of rotatable bonds is 10. The topological polar surface area (TPSA) is 109 Å². The third-order valence-corrected chi connectivity index (χ3v) is 7.98. The maximum atomic E-state index is 12.6. The summed E-state index contributed by atoms with van der Waals surface area (Å²) in [5, 5.41) is 4.78. The Morgan fingerprint density at radius 2 is 1.60 bits per heavy atom. The summed E-state index contributed by atoms with van der Waals surface area (Å²) >= 11 is 0. The van der Waals surface area contributed by atoms with Crippen LogP contribution in [-0.4, -0.2) is 39.8 Å². The summed E-state index contributed by atoms with van der Waals surface area (Å²) in [6, 6.07) is 25.7. The molecule has 0 fully saturated rings. The van der Waals surface area contributed by atoms with Crippen LogP contribution >= 0.6 is 0 Å². The molecule has 4 aromatic heterocycles. The number of hydrogen-bond donors (Lipinski definition) is 0. The average Bonchev–Trinajstić information content (AvgIpc) is 3.45. The Morgan fingerprint density at radius 1 is 0.810 bits per heavy atom. The summed E-state index contributed by atoms with van der Waals surface area (Å²) < 4.78 is 38.2. The van der Waals surface area contributed by atoms with Gasteiger partial charge in [0.05, 0.1) is 34.8 Å². The van der Waals surface area contributed by atoms with Gasteiger partial charge in [-0.25, -0.2) is 4.98 Å². The van der Waals surface area contributed by atoms with Crippen molar-refractivity contribution in [2.75, 3.05) is 6.61 Å². The van der Waals surface area contributed by atoms with Gasteiger partial charge >= 0.3 is 0 Å². The fourth-order valence-electron chi connectivity index (χ4n) is 4.45. The molecule has 42 heavy (non-hydrogen) atoms. The van der Waals surface area contributed by atoms with Crippen molar-refractivity contribution in [3.8, 4) is 28.1 Å². The molecule has 6 aromatic rings. The second kappa shape index (κ2) is 11.9. The predicted molar refractivity (Wildman–Crippen MR) is 159 cm³/mol. The van der Waals surface area contributed by atoms with Crippen molar-refractivity contribution in [1.29, 1.82) is 0 Å². The first-order valence-corrected chi connectivity index (χ1v) is 14.7. The maximum Gasteiger partial charge on any atom is 0.297 e. The molecule has 0 saturated heterocycles. The molecule has 0 aliphatic heterocycles. The first-order valence-electron chi connectivity index (χ1n) is 13.3. The van der Waals surface area contributed by atoms with Gasteiger partial charge in [-0.2, -0.15) is 13.5 Å². The lowest BCUT2D eigenvalue weighted by atomic mass is 10.0. The lowest BCUT2D eigenvalue weighted by molar-refractivity contribution is 0.294. The number of benzene rings is 2. The lowest BCUT2D eigenvalue weighted by Crippen LogP contribution is -2.12. The first-order chi connectivity index (χ1) is 20.4. The van der Waals surface area contributed by atoms with Crippen molar-refractivity contribution < 1.29 is 17.3 Å². The molecule has 0 N–H and O–H groups in total. The van der Waals surface area contributed by atoms with Gasteiger partial charge in [0.2, 0.25) is 0 Å². The van der Waals surface area contributed by atoms with E-state index in [1.165, 1.54) is 0 Å². The molecule has 0 aliphatic carbocycles. The molecule has 0 spiro atoms. The minimum Gasteiger partial charge on any atom is -0.487 e. The molecule has 0 radical (unpaired) electrons. The number of ether oxygens (including phenoxy) is 1. The van der Waals surface area contributed by atoms with E-state index >= 15 is 0 Å². The van der Waals surface area contributed by atoms with Gasteiger partial charge in [-0.3, -0.25) is 18.8 Å². The molecule has 0 saturated carbocycles. The van der Waals surface area contributed by atoms with Crippen LogP contribution in [0.25, 0.3) is 33.4 Å². The molecule has 210 valence electrons. The Hall–Kier alpha value is -4.93. The van der Waals surface area contributed by atoms with Crippen LogP contribution in [0, 0.1) is 6.92 Å². The fraction of sp³-hybridized carbons (Fsp3) is 0.125. The van der Waals surface area contributed by atoms with E-state index in [-0.39, 0.29) is 18.0 Å². The van der Waals surface area contributed by atoms with Crippen LogP contribution in [0.2, 0.25) is 0 Å². The highest BCUT2D eigenvalue weighted by atomic mass is 32.2. The molecule has 4 heterocycles. The summed E-state index contributed by atoms with van der Waals surface area (Å²) in [6.07, 6.45) is 7.08. The summed E-state index contributed by atoms with van der Waals surface area (Å²) in [7, 11) is -3.87. The molecular weight excluding hydrogens is 550 g/mol. The maximum absolute atomic E-state index is 12.6. The monoisotopic (exact) mass is 577 g/mol. The van der Waals surface area contributed by atoms with E-state index in [1.54, 1.807) is 47.5 Å².